The Morgan fingerprint density at radius 2 is 2.04 bits per heavy atom. The van der Waals surface area contributed by atoms with Crippen molar-refractivity contribution in [3.8, 4) is 11.3 Å². The summed E-state index contributed by atoms with van der Waals surface area (Å²) in [5, 5.41) is 7.67. The molecule has 1 fully saturated rings. The number of aromatic nitrogens is 4. The van der Waals surface area contributed by atoms with Gasteiger partial charge in [-0.2, -0.15) is 5.10 Å². The molecule has 1 N–H and O–H groups in total. The minimum atomic E-state index is -0.268. The minimum absolute atomic E-state index is 0.143. The number of carbonyl (C=O) groups is 1. The Hall–Kier alpha value is -2.15. The Kier molecular flexibility index (Phi) is 3.26. The predicted molar refractivity (Wildman–Crippen MR) is 85.6 cm³/mol. The maximum atomic E-state index is 12.2. The van der Waals surface area contributed by atoms with Crippen LogP contribution in [0.3, 0.4) is 0 Å². The zero-order chi connectivity index (χ0) is 16.0. The van der Waals surface area contributed by atoms with Crippen molar-refractivity contribution in [1.29, 1.82) is 0 Å². The number of carbonyl (C=O) groups excluding carboxylic acids is 1. The third-order valence-corrected chi connectivity index (χ3v) is 5.15. The summed E-state index contributed by atoms with van der Waals surface area (Å²) >= 11 is 0. The smallest absolute Gasteiger partial charge is 0.220 e. The van der Waals surface area contributed by atoms with Crippen LogP contribution in [0, 0.1) is 0 Å². The van der Waals surface area contributed by atoms with Gasteiger partial charge < -0.3 is 14.8 Å². The van der Waals surface area contributed by atoms with Gasteiger partial charge >= 0.3 is 0 Å². The van der Waals surface area contributed by atoms with Gasteiger partial charge in [-0.1, -0.05) is 0 Å². The second kappa shape index (κ2) is 5.19. The number of piperidine rings is 1. The molecular weight excluding hydrogens is 292 g/mol. The highest BCUT2D eigenvalue weighted by Gasteiger charge is 2.47. The summed E-state index contributed by atoms with van der Waals surface area (Å²) in [6, 6.07) is 0. The number of imidazole rings is 1. The third kappa shape index (κ3) is 2.10. The molecule has 0 saturated carbocycles. The van der Waals surface area contributed by atoms with Crippen LogP contribution in [0.1, 0.15) is 25.6 Å². The van der Waals surface area contributed by atoms with E-state index in [1.165, 1.54) is 0 Å². The fourth-order valence-corrected chi connectivity index (χ4v) is 4.08. The fourth-order valence-electron chi connectivity index (χ4n) is 4.08. The summed E-state index contributed by atoms with van der Waals surface area (Å²) < 4.78 is 4.09. The molecule has 0 radical (unpaired) electrons. The average molecular weight is 314 g/mol. The molecule has 0 atom stereocenters. The van der Waals surface area contributed by atoms with Crippen LogP contribution in [0.25, 0.3) is 11.3 Å². The van der Waals surface area contributed by atoms with Crippen molar-refractivity contribution in [3.63, 3.8) is 0 Å². The van der Waals surface area contributed by atoms with Crippen molar-refractivity contribution in [2.75, 3.05) is 19.6 Å². The van der Waals surface area contributed by atoms with Crippen LogP contribution in [-0.2, 0) is 23.9 Å². The number of rotatable bonds is 1. The van der Waals surface area contributed by atoms with Crippen LogP contribution in [0.4, 0.5) is 0 Å². The second-order valence-corrected chi connectivity index (χ2v) is 6.47. The van der Waals surface area contributed by atoms with E-state index in [2.05, 4.69) is 15.0 Å². The van der Waals surface area contributed by atoms with Gasteiger partial charge in [0.05, 0.1) is 18.1 Å². The molecule has 1 amide bonds. The van der Waals surface area contributed by atoms with E-state index < -0.39 is 0 Å². The highest BCUT2D eigenvalue weighted by Crippen LogP contribution is 2.41. The van der Waals surface area contributed by atoms with E-state index in [0.717, 1.165) is 56.1 Å². The molecule has 1 saturated heterocycles. The number of hydrogen-bond donors (Lipinski definition) is 1. The molecule has 2 aromatic rings. The van der Waals surface area contributed by atoms with Gasteiger partial charge in [-0.25, -0.2) is 4.98 Å². The molecule has 0 aliphatic carbocycles. The number of amides is 1. The molecule has 1 spiro atoms. The van der Waals surface area contributed by atoms with Crippen LogP contribution in [0.2, 0.25) is 0 Å². The number of fused-ring (bicyclic) bond motifs is 2. The molecular formula is C16H22N6O. The van der Waals surface area contributed by atoms with Gasteiger partial charge in [0.1, 0.15) is 11.4 Å². The summed E-state index contributed by atoms with van der Waals surface area (Å²) in [6.07, 6.45) is 7.64. The summed E-state index contributed by atoms with van der Waals surface area (Å²) in [5.74, 6) is 1.17. The highest BCUT2D eigenvalue weighted by molar-refractivity contribution is 5.75. The topological polar surface area (TPSA) is 68.0 Å². The predicted octanol–water partition coefficient (Wildman–Crippen LogP) is 0.724. The van der Waals surface area contributed by atoms with E-state index in [4.69, 9.17) is 4.98 Å². The summed E-state index contributed by atoms with van der Waals surface area (Å²) in [7, 11) is 1.92. The molecule has 0 unspecified atom stereocenters. The molecule has 0 bridgehead atoms. The lowest BCUT2D eigenvalue weighted by atomic mass is 9.83. The first-order chi connectivity index (χ1) is 11.1. The lowest BCUT2D eigenvalue weighted by Crippen LogP contribution is -2.58. The maximum Gasteiger partial charge on any atom is 0.220 e. The number of nitrogens with one attached hydrogen (secondary N) is 1. The SMILES string of the molecule is CC(=O)N1CCn2c(-c3cnn(C)c3)cnc2C12CCNCC2. The Labute approximate surface area is 135 Å². The van der Waals surface area contributed by atoms with Crippen molar-refractivity contribution in [2.45, 2.75) is 31.8 Å². The first-order valence-electron chi connectivity index (χ1n) is 8.16. The van der Waals surface area contributed by atoms with Crippen LogP contribution in [0.15, 0.2) is 18.6 Å². The summed E-state index contributed by atoms with van der Waals surface area (Å²) in [4.78, 5) is 19.0. The molecule has 2 aliphatic rings. The molecule has 7 nitrogen and oxygen atoms in total. The number of hydrogen-bond acceptors (Lipinski definition) is 4. The van der Waals surface area contributed by atoms with E-state index in [1.807, 2.05) is 30.5 Å². The normalized spacial score (nSPS) is 19.8. The van der Waals surface area contributed by atoms with Crippen molar-refractivity contribution < 1.29 is 4.79 Å². The number of aryl methyl sites for hydroxylation is 1. The molecule has 4 rings (SSSR count). The first kappa shape index (κ1) is 14.4. The first-order valence-corrected chi connectivity index (χ1v) is 8.16. The maximum absolute atomic E-state index is 12.2. The molecule has 0 aromatic carbocycles. The van der Waals surface area contributed by atoms with Gasteiger partial charge in [0.2, 0.25) is 5.91 Å². The highest BCUT2D eigenvalue weighted by atomic mass is 16.2. The molecule has 7 heteroatoms. The molecule has 2 aliphatic heterocycles. The van der Waals surface area contributed by atoms with Gasteiger partial charge in [-0.05, 0) is 25.9 Å². The van der Waals surface area contributed by atoms with E-state index in [0.29, 0.717) is 0 Å². The van der Waals surface area contributed by atoms with Crippen LogP contribution < -0.4 is 5.32 Å². The number of nitrogens with zero attached hydrogens (tertiary/aromatic N) is 5. The molecule has 4 heterocycles. The monoisotopic (exact) mass is 314 g/mol. The Morgan fingerprint density at radius 3 is 2.70 bits per heavy atom. The zero-order valence-corrected chi connectivity index (χ0v) is 13.6. The van der Waals surface area contributed by atoms with E-state index in [-0.39, 0.29) is 11.4 Å². The molecule has 2 aromatic heterocycles. The molecule has 23 heavy (non-hydrogen) atoms. The Bertz CT molecular complexity index is 740. The summed E-state index contributed by atoms with van der Waals surface area (Å²) in [6.45, 7) is 5.03. The lowest BCUT2D eigenvalue weighted by molar-refractivity contribution is -0.139. The van der Waals surface area contributed by atoms with Crippen LogP contribution >= 0.6 is 0 Å². The summed E-state index contributed by atoms with van der Waals surface area (Å²) in [5.41, 5.74) is 1.90. The third-order valence-electron chi connectivity index (χ3n) is 5.15. The van der Waals surface area contributed by atoms with Crippen molar-refractivity contribution in [1.82, 2.24) is 29.5 Å². The molecule has 122 valence electrons. The van der Waals surface area contributed by atoms with E-state index >= 15 is 0 Å². The van der Waals surface area contributed by atoms with Gasteiger partial charge in [0.25, 0.3) is 0 Å². The van der Waals surface area contributed by atoms with Gasteiger partial charge in [-0.15, -0.1) is 0 Å². The van der Waals surface area contributed by atoms with Crippen molar-refractivity contribution >= 4 is 5.91 Å². The minimum Gasteiger partial charge on any atom is -0.328 e. The second-order valence-electron chi connectivity index (χ2n) is 6.47. The largest absolute Gasteiger partial charge is 0.328 e. The average Bonchev–Trinajstić information content (AvgIpc) is 3.14. The fraction of sp³-hybridized carbons (Fsp3) is 0.562. The standard InChI is InChI=1S/C16H22N6O/c1-12(23)22-8-7-21-14(13-9-19-20(2)11-13)10-18-15(21)16(22)3-5-17-6-4-16/h9-11,17H,3-8H2,1-2H3. The van der Waals surface area contributed by atoms with E-state index in [9.17, 15) is 4.79 Å². The quantitative estimate of drug-likeness (QED) is 0.842. The van der Waals surface area contributed by atoms with Gasteiger partial charge in [0, 0.05) is 38.8 Å². The Morgan fingerprint density at radius 1 is 1.26 bits per heavy atom. The van der Waals surface area contributed by atoms with Gasteiger partial charge in [0.15, 0.2) is 0 Å². The zero-order valence-electron chi connectivity index (χ0n) is 13.6. The lowest BCUT2D eigenvalue weighted by Gasteiger charge is -2.48. The van der Waals surface area contributed by atoms with Crippen LogP contribution in [-0.4, -0.2) is 49.8 Å². The Balaban J connectivity index is 1.83. The van der Waals surface area contributed by atoms with Crippen molar-refractivity contribution in [3.05, 3.63) is 24.4 Å². The van der Waals surface area contributed by atoms with Crippen LogP contribution in [0.5, 0.6) is 0 Å². The van der Waals surface area contributed by atoms with Gasteiger partial charge in [-0.3, -0.25) is 9.48 Å². The van der Waals surface area contributed by atoms with Crippen molar-refractivity contribution in [2.24, 2.45) is 7.05 Å². The van der Waals surface area contributed by atoms with E-state index in [1.54, 1.807) is 11.6 Å².